The molecule has 1 aromatic carbocycles. The summed E-state index contributed by atoms with van der Waals surface area (Å²) in [5.41, 5.74) is 0.0552. The molecule has 0 bridgehead atoms. The number of nitrogens with zero attached hydrogens (tertiary/aromatic N) is 2. The first-order chi connectivity index (χ1) is 11.8. The van der Waals surface area contributed by atoms with Gasteiger partial charge in [0.25, 0.3) is 0 Å². The van der Waals surface area contributed by atoms with Crippen LogP contribution < -0.4 is 4.74 Å². The van der Waals surface area contributed by atoms with Crippen LogP contribution in [0.2, 0.25) is 0 Å². The first kappa shape index (κ1) is 18.4. The third-order valence-electron chi connectivity index (χ3n) is 3.94. The van der Waals surface area contributed by atoms with Gasteiger partial charge in [0.05, 0.1) is 4.92 Å². The molecule has 1 heterocycles. The molecule has 8 nitrogen and oxygen atoms in total. The molecule has 1 aliphatic rings. The summed E-state index contributed by atoms with van der Waals surface area (Å²) in [6.45, 7) is 7.25. The summed E-state index contributed by atoms with van der Waals surface area (Å²) in [7, 11) is 0. The number of piperidine rings is 1. The Morgan fingerprint density at radius 2 is 2.04 bits per heavy atom. The number of likely N-dealkylation sites (tertiary alicyclic amines) is 1. The van der Waals surface area contributed by atoms with E-state index in [4.69, 9.17) is 9.47 Å². The number of carbonyl (C=O) groups excluding carboxylic acids is 2. The molecule has 25 heavy (non-hydrogen) atoms. The van der Waals surface area contributed by atoms with E-state index in [-0.39, 0.29) is 23.6 Å². The van der Waals surface area contributed by atoms with Crippen molar-refractivity contribution in [1.82, 2.24) is 4.90 Å². The van der Waals surface area contributed by atoms with Gasteiger partial charge in [-0.15, -0.1) is 0 Å². The summed E-state index contributed by atoms with van der Waals surface area (Å²) in [5.74, 6) is -0.548. The largest absolute Gasteiger partial charge is 0.459 e. The van der Waals surface area contributed by atoms with E-state index in [0.717, 1.165) is 0 Å². The number of benzene rings is 1. The van der Waals surface area contributed by atoms with E-state index in [1.165, 1.54) is 23.1 Å². The van der Waals surface area contributed by atoms with Crippen molar-refractivity contribution in [1.29, 1.82) is 0 Å². The zero-order valence-electron chi connectivity index (χ0n) is 14.1. The highest BCUT2D eigenvalue weighted by atomic mass is 16.6. The van der Waals surface area contributed by atoms with Gasteiger partial charge in [-0.2, -0.15) is 0 Å². The number of para-hydroxylation sites is 2. The molecule has 2 unspecified atom stereocenters. The van der Waals surface area contributed by atoms with Gasteiger partial charge in [0.15, 0.2) is 0 Å². The fourth-order valence-electron chi connectivity index (χ4n) is 2.61. The predicted molar refractivity (Wildman–Crippen MR) is 89.2 cm³/mol. The number of carbonyl (C=O) groups is 2. The van der Waals surface area contributed by atoms with Crippen molar-refractivity contribution in [3.05, 3.63) is 46.5 Å². The maximum Gasteiger partial charge on any atom is 0.415 e. The van der Waals surface area contributed by atoms with Crippen LogP contribution in [0.15, 0.2) is 36.4 Å². The van der Waals surface area contributed by atoms with Gasteiger partial charge < -0.3 is 14.4 Å². The molecule has 0 saturated carbocycles. The number of esters is 1. The van der Waals surface area contributed by atoms with Crippen LogP contribution in [0.5, 0.6) is 5.75 Å². The van der Waals surface area contributed by atoms with Crippen LogP contribution in [-0.4, -0.2) is 40.6 Å². The maximum atomic E-state index is 12.3. The standard InChI is InChI=1S/C17H20N2O6/c1-11(2)16(20)24-13-8-9-18(12(3)10-13)17(21)25-15-7-5-4-6-14(15)19(22)23/h4-7,12-13H,1,8-10H2,2-3H3. The molecule has 0 radical (unpaired) electrons. The number of nitro groups is 1. The van der Waals surface area contributed by atoms with Crippen LogP contribution in [0.1, 0.15) is 26.7 Å². The smallest absolute Gasteiger partial charge is 0.415 e. The minimum atomic E-state index is -0.661. The average Bonchev–Trinajstić information content (AvgIpc) is 2.55. The molecule has 0 aromatic heterocycles. The second-order valence-electron chi connectivity index (χ2n) is 5.97. The molecule has 134 valence electrons. The molecule has 0 spiro atoms. The first-order valence-corrected chi connectivity index (χ1v) is 7.88. The van der Waals surface area contributed by atoms with E-state index in [1.807, 2.05) is 0 Å². The second-order valence-corrected chi connectivity index (χ2v) is 5.97. The van der Waals surface area contributed by atoms with E-state index in [2.05, 4.69) is 6.58 Å². The zero-order valence-corrected chi connectivity index (χ0v) is 14.1. The summed E-state index contributed by atoms with van der Waals surface area (Å²) >= 11 is 0. The molecule has 1 aliphatic heterocycles. The zero-order chi connectivity index (χ0) is 18.6. The summed E-state index contributed by atoms with van der Waals surface area (Å²) in [6.07, 6.45) is -0.0267. The van der Waals surface area contributed by atoms with Crippen molar-refractivity contribution < 1.29 is 24.0 Å². The van der Waals surface area contributed by atoms with Crippen LogP contribution in [0, 0.1) is 10.1 Å². The normalized spacial score (nSPS) is 19.8. The number of amides is 1. The molecular weight excluding hydrogens is 328 g/mol. The van der Waals surface area contributed by atoms with E-state index in [9.17, 15) is 19.7 Å². The molecule has 0 aliphatic carbocycles. The molecular formula is C17H20N2O6. The van der Waals surface area contributed by atoms with E-state index in [1.54, 1.807) is 19.9 Å². The molecule has 0 N–H and O–H groups in total. The van der Waals surface area contributed by atoms with Gasteiger partial charge in [-0.1, -0.05) is 18.7 Å². The number of nitro benzene ring substituents is 1. The molecule has 1 aromatic rings. The Balaban J connectivity index is 1.99. The van der Waals surface area contributed by atoms with Crippen molar-refractivity contribution in [3.8, 4) is 5.75 Å². The Morgan fingerprint density at radius 3 is 2.64 bits per heavy atom. The topological polar surface area (TPSA) is 99.0 Å². The lowest BCUT2D eigenvalue weighted by Crippen LogP contribution is -2.48. The monoisotopic (exact) mass is 348 g/mol. The highest BCUT2D eigenvalue weighted by Crippen LogP contribution is 2.28. The van der Waals surface area contributed by atoms with E-state index < -0.39 is 17.0 Å². The molecule has 1 fully saturated rings. The predicted octanol–water partition coefficient (Wildman–Crippen LogP) is 3.07. The summed E-state index contributed by atoms with van der Waals surface area (Å²) in [6, 6.07) is 5.48. The Kier molecular flexibility index (Phi) is 5.74. The van der Waals surface area contributed by atoms with Gasteiger partial charge >= 0.3 is 17.7 Å². The summed E-state index contributed by atoms with van der Waals surface area (Å²) in [5, 5.41) is 11.0. The lowest BCUT2D eigenvalue weighted by Gasteiger charge is -2.36. The van der Waals surface area contributed by atoms with Crippen LogP contribution >= 0.6 is 0 Å². The Morgan fingerprint density at radius 1 is 1.36 bits per heavy atom. The summed E-state index contributed by atoms with van der Waals surface area (Å²) < 4.78 is 10.5. The Bertz CT molecular complexity index is 702. The van der Waals surface area contributed by atoms with Crippen molar-refractivity contribution in [2.45, 2.75) is 38.8 Å². The van der Waals surface area contributed by atoms with Crippen molar-refractivity contribution in [2.24, 2.45) is 0 Å². The second kappa shape index (κ2) is 7.78. The average molecular weight is 348 g/mol. The number of ether oxygens (including phenoxy) is 2. The highest BCUT2D eigenvalue weighted by Gasteiger charge is 2.32. The third-order valence-corrected chi connectivity index (χ3v) is 3.94. The van der Waals surface area contributed by atoms with Crippen LogP contribution in [0.3, 0.4) is 0 Å². The number of rotatable bonds is 4. The molecule has 1 saturated heterocycles. The van der Waals surface area contributed by atoms with Gasteiger partial charge in [0.2, 0.25) is 5.75 Å². The Labute approximate surface area is 145 Å². The molecule has 2 rings (SSSR count). The SMILES string of the molecule is C=C(C)C(=O)OC1CCN(C(=O)Oc2ccccc2[N+](=O)[O-])C(C)C1. The van der Waals surface area contributed by atoms with Crippen LogP contribution in [-0.2, 0) is 9.53 Å². The van der Waals surface area contributed by atoms with Gasteiger partial charge in [-0.05, 0) is 19.9 Å². The summed E-state index contributed by atoms with van der Waals surface area (Å²) in [4.78, 5) is 35.8. The first-order valence-electron chi connectivity index (χ1n) is 7.88. The van der Waals surface area contributed by atoms with E-state index in [0.29, 0.717) is 25.0 Å². The van der Waals surface area contributed by atoms with Gasteiger partial charge in [-0.3, -0.25) is 10.1 Å². The van der Waals surface area contributed by atoms with Gasteiger partial charge in [-0.25, -0.2) is 9.59 Å². The van der Waals surface area contributed by atoms with Crippen molar-refractivity contribution in [3.63, 3.8) is 0 Å². The minimum Gasteiger partial charge on any atom is -0.459 e. The number of hydrogen-bond donors (Lipinski definition) is 0. The third kappa shape index (κ3) is 4.56. The maximum absolute atomic E-state index is 12.3. The quantitative estimate of drug-likeness (QED) is 0.359. The van der Waals surface area contributed by atoms with Crippen LogP contribution in [0.25, 0.3) is 0 Å². The lowest BCUT2D eigenvalue weighted by molar-refractivity contribution is -0.385. The molecule has 2 atom stereocenters. The fourth-order valence-corrected chi connectivity index (χ4v) is 2.61. The van der Waals surface area contributed by atoms with Crippen molar-refractivity contribution in [2.75, 3.05) is 6.54 Å². The molecule has 1 amide bonds. The minimum absolute atomic E-state index is 0.0967. The van der Waals surface area contributed by atoms with Gasteiger partial charge in [0.1, 0.15) is 6.10 Å². The Hall–Kier alpha value is -2.90. The van der Waals surface area contributed by atoms with E-state index >= 15 is 0 Å². The van der Waals surface area contributed by atoms with Crippen LogP contribution in [0.4, 0.5) is 10.5 Å². The van der Waals surface area contributed by atoms with Gasteiger partial charge in [0, 0.05) is 37.1 Å². The highest BCUT2D eigenvalue weighted by molar-refractivity contribution is 5.87. The fraction of sp³-hybridized carbons (Fsp3) is 0.412. The van der Waals surface area contributed by atoms with Crippen molar-refractivity contribution >= 4 is 17.7 Å². The number of hydrogen-bond acceptors (Lipinski definition) is 6. The molecule has 8 heteroatoms. The lowest BCUT2D eigenvalue weighted by atomic mass is 10.0.